The first-order valence-corrected chi connectivity index (χ1v) is 14.1. The van der Waals surface area contributed by atoms with Crippen molar-refractivity contribution in [3.05, 3.63) is 90.2 Å². The quantitative estimate of drug-likeness (QED) is 0.358. The number of nitrogens with one attached hydrogen (secondary N) is 1. The van der Waals surface area contributed by atoms with Gasteiger partial charge in [0.05, 0.1) is 17.7 Å². The van der Waals surface area contributed by atoms with E-state index < -0.39 is 34.3 Å². The second kappa shape index (κ2) is 13.2. The number of carbonyl (C=O) groups is 2. The van der Waals surface area contributed by atoms with E-state index in [0.717, 1.165) is 10.4 Å². The number of hydrogen-bond acceptors (Lipinski definition) is 5. The van der Waals surface area contributed by atoms with Crippen LogP contribution in [0.3, 0.4) is 0 Å². The molecule has 3 aromatic carbocycles. The number of carbonyl (C=O) groups excluding carboxylic acids is 2. The molecule has 1 unspecified atom stereocenters. The van der Waals surface area contributed by atoms with Crippen molar-refractivity contribution >= 4 is 27.5 Å². The zero-order valence-corrected chi connectivity index (χ0v) is 23.3. The highest BCUT2D eigenvalue weighted by Crippen LogP contribution is 2.27. The summed E-state index contributed by atoms with van der Waals surface area (Å²) in [6.45, 7) is 4.69. The van der Waals surface area contributed by atoms with Gasteiger partial charge in [-0.2, -0.15) is 0 Å². The highest BCUT2D eigenvalue weighted by Gasteiger charge is 2.34. The molecular weight excluding hydrogens is 521 g/mol. The maximum Gasteiger partial charge on any atom is 0.264 e. The Hall–Kier alpha value is -3.92. The van der Waals surface area contributed by atoms with E-state index in [-0.39, 0.29) is 35.5 Å². The van der Waals surface area contributed by atoms with Crippen molar-refractivity contribution in [3.63, 3.8) is 0 Å². The van der Waals surface area contributed by atoms with Gasteiger partial charge in [0, 0.05) is 12.6 Å². The SMILES string of the molecule is CCC(C(=O)NC(C)C)N(Cc1cccc(OC)c1)C(=O)CN(c1ccccc1F)S(=O)(=O)c1ccccc1. The minimum atomic E-state index is -4.34. The van der Waals surface area contributed by atoms with Crippen LogP contribution in [-0.4, -0.2) is 50.9 Å². The van der Waals surface area contributed by atoms with Gasteiger partial charge in [0.2, 0.25) is 11.8 Å². The third-order valence-electron chi connectivity index (χ3n) is 6.04. The molecule has 0 aliphatic heterocycles. The van der Waals surface area contributed by atoms with Gasteiger partial charge in [-0.05, 0) is 62.2 Å². The summed E-state index contributed by atoms with van der Waals surface area (Å²) in [5.41, 5.74) is 0.414. The van der Waals surface area contributed by atoms with E-state index in [4.69, 9.17) is 4.74 Å². The fourth-order valence-corrected chi connectivity index (χ4v) is 5.60. The molecule has 39 heavy (non-hydrogen) atoms. The first-order valence-electron chi connectivity index (χ1n) is 12.6. The number of methoxy groups -OCH3 is 1. The smallest absolute Gasteiger partial charge is 0.264 e. The normalized spacial score (nSPS) is 12.1. The summed E-state index contributed by atoms with van der Waals surface area (Å²) in [4.78, 5) is 28.3. The Kier molecular flexibility index (Phi) is 10.1. The molecule has 0 saturated carbocycles. The first-order chi connectivity index (χ1) is 18.6. The van der Waals surface area contributed by atoms with Crippen LogP contribution >= 0.6 is 0 Å². The van der Waals surface area contributed by atoms with E-state index >= 15 is 0 Å². The number of anilines is 1. The molecule has 3 aromatic rings. The van der Waals surface area contributed by atoms with E-state index in [0.29, 0.717) is 11.3 Å². The highest BCUT2D eigenvalue weighted by atomic mass is 32.2. The number of nitrogens with zero attached hydrogens (tertiary/aromatic N) is 2. The fraction of sp³-hybridized carbons (Fsp3) is 0.310. The van der Waals surface area contributed by atoms with Crippen LogP contribution in [0, 0.1) is 5.82 Å². The topological polar surface area (TPSA) is 96.0 Å². The van der Waals surface area contributed by atoms with E-state index in [1.54, 1.807) is 49.4 Å². The van der Waals surface area contributed by atoms with Gasteiger partial charge in [0.1, 0.15) is 24.2 Å². The third-order valence-corrected chi connectivity index (χ3v) is 7.81. The Balaban J connectivity index is 2.07. The number of ether oxygens (including phenoxy) is 1. The summed E-state index contributed by atoms with van der Waals surface area (Å²) >= 11 is 0. The Bertz CT molecular complexity index is 1380. The van der Waals surface area contributed by atoms with E-state index in [2.05, 4.69) is 5.32 Å². The predicted molar refractivity (Wildman–Crippen MR) is 148 cm³/mol. The molecule has 0 saturated heterocycles. The Morgan fingerprint density at radius 2 is 1.64 bits per heavy atom. The minimum absolute atomic E-state index is 0.0105. The largest absolute Gasteiger partial charge is 0.497 e. The second-order valence-corrected chi connectivity index (χ2v) is 11.1. The molecule has 0 aliphatic rings. The van der Waals surface area contributed by atoms with Crippen LogP contribution in [0.1, 0.15) is 32.8 Å². The number of sulfonamides is 1. The lowest BCUT2D eigenvalue weighted by atomic mass is 10.1. The molecule has 0 fully saturated rings. The zero-order chi connectivity index (χ0) is 28.6. The molecule has 0 bridgehead atoms. The molecule has 208 valence electrons. The van der Waals surface area contributed by atoms with Gasteiger partial charge in [0.15, 0.2) is 0 Å². The highest BCUT2D eigenvalue weighted by molar-refractivity contribution is 7.92. The third kappa shape index (κ3) is 7.35. The first kappa shape index (κ1) is 29.6. The standard InChI is InChI=1S/C29H34FN3O5S/c1-5-26(29(35)31-21(2)3)32(19-22-12-11-13-23(18-22)38-4)28(34)20-33(27-17-10-9-16-25(27)30)39(36,37)24-14-7-6-8-15-24/h6-18,21,26H,5,19-20H2,1-4H3,(H,31,35). The van der Waals surface area contributed by atoms with Gasteiger partial charge in [-0.15, -0.1) is 0 Å². The molecule has 3 rings (SSSR count). The van der Waals surface area contributed by atoms with Crippen LogP contribution in [0.25, 0.3) is 0 Å². The summed E-state index contributed by atoms with van der Waals surface area (Å²) in [6.07, 6.45) is 0.277. The van der Waals surface area contributed by atoms with Crippen LogP contribution in [0.15, 0.2) is 83.8 Å². The van der Waals surface area contributed by atoms with Gasteiger partial charge < -0.3 is 15.0 Å². The van der Waals surface area contributed by atoms with Crippen molar-refractivity contribution in [1.82, 2.24) is 10.2 Å². The van der Waals surface area contributed by atoms with Crippen molar-refractivity contribution in [1.29, 1.82) is 0 Å². The lowest BCUT2D eigenvalue weighted by Gasteiger charge is -2.33. The van der Waals surface area contributed by atoms with Gasteiger partial charge in [-0.25, -0.2) is 12.8 Å². The van der Waals surface area contributed by atoms with E-state index in [1.807, 2.05) is 13.8 Å². The average molecular weight is 556 g/mol. The van der Waals surface area contributed by atoms with Crippen molar-refractivity contribution < 1.29 is 27.1 Å². The summed E-state index contributed by atoms with van der Waals surface area (Å²) in [5, 5.41) is 2.84. The van der Waals surface area contributed by atoms with Crippen molar-refractivity contribution in [2.24, 2.45) is 0 Å². The summed E-state index contributed by atoms with van der Waals surface area (Å²) in [6, 6.07) is 18.9. The van der Waals surface area contributed by atoms with Gasteiger partial charge in [0.25, 0.3) is 10.0 Å². The molecule has 8 nitrogen and oxygen atoms in total. The molecule has 0 aromatic heterocycles. The Morgan fingerprint density at radius 1 is 0.974 bits per heavy atom. The van der Waals surface area contributed by atoms with Crippen LogP contribution in [0.4, 0.5) is 10.1 Å². The Labute approximate surface area is 229 Å². The van der Waals surface area contributed by atoms with Gasteiger partial charge in [-0.1, -0.05) is 49.4 Å². The lowest BCUT2D eigenvalue weighted by Crippen LogP contribution is -2.53. The van der Waals surface area contributed by atoms with Crippen LogP contribution < -0.4 is 14.4 Å². The zero-order valence-electron chi connectivity index (χ0n) is 22.5. The number of benzene rings is 3. The molecule has 10 heteroatoms. The van der Waals surface area contributed by atoms with Crippen molar-refractivity contribution in [2.45, 2.75) is 50.7 Å². The molecular formula is C29H34FN3O5S. The number of halogens is 1. The predicted octanol–water partition coefficient (Wildman–Crippen LogP) is 4.36. The summed E-state index contributed by atoms with van der Waals surface area (Å²) in [5.74, 6) is -1.26. The summed E-state index contributed by atoms with van der Waals surface area (Å²) in [7, 11) is -2.81. The average Bonchev–Trinajstić information content (AvgIpc) is 2.92. The Morgan fingerprint density at radius 3 is 2.26 bits per heavy atom. The van der Waals surface area contributed by atoms with Crippen molar-refractivity contribution in [3.8, 4) is 5.75 Å². The molecule has 0 aliphatic carbocycles. The maximum atomic E-state index is 15.0. The second-order valence-electron chi connectivity index (χ2n) is 9.24. The molecule has 0 radical (unpaired) electrons. The van der Waals surface area contributed by atoms with E-state index in [1.165, 1.54) is 42.3 Å². The fourth-order valence-electron chi connectivity index (χ4n) is 4.15. The monoisotopic (exact) mass is 555 g/mol. The van der Waals surface area contributed by atoms with E-state index in [9.17, 15) is 22.4 Å². The molecule has 0 spiro atoms. The molecule has 1 N–H and O–H groups in total. The summed E-state index contributed by atoms with van der Waals surface area (Å²) < 4.78 is 48.4. The number of para-hydroxylation sites is 1. The molecule has 0 heterocycles. The minimum Gasteiger partial charge on any atom is -0.497 e. The number of hydrogen-bond donors (Lipinski definition) is 1. The van der Waals surface area contributed by atoms with Crippen LogP contribution in [0.5, 0.6) is 5.75 Å². The molecule has 2 amide bonds. The number of rotatable bonds is 12. The maximum absolute atomic E-state index is 15.0. The lowest BCUT2D eigenvalue weighted by molar-refractivity contribution is -0.140. The van der Waals surface area contributed by atoms with Gasteiger partial charge in [-0.3, -0.25) is 13.9 Å². The van der Waals surface area contributed by atoms with Crippen molar-refractivity contribution in [2.75, 3.05) is 18.0 Å². The van der Waals surface area contributed by atoms with Crippen LogP contribution in [-0.2, 0) is 26.2 Å². The van der Waals surface area contributed by atoms with Crippen LogP contribution in [0.2, 0.25) is 0 Å². The number of amides is 2. The molecule has 1 atom stereocenters. The van der Waals surface area contributed by atoms with Gasteiger partial charge >= 0.3 is 0 Å².